The molecule has 1 aliphatic heterocycles. The monoisotopic (exact) mass is 416 g/mol. The maximum Gasteiger partial charge on any atom is 0.573 e. The maximum atomic E-state index is 12.6. The number of ketones is 1. The molecule has 0 spiro atoms. The zero-order chi connectivity index (χ0) is 21.7. The number of ether oxygens (including phenoxy) is 2. The van der Waals surface area contributed by atoms with Gasteiger partial charge < -0.3 is 24.9 Å². The quantitative estimate of drug-likeness (QED) is 0.641. The number of hydrogen-bond acceptors (Lipinski definition) is 5. The lowest BCUT2D eigenvalue weighted by atomic mass is 9.73. The molecular weight excluding hydrogens is 385 g/mol. The van der Waals surface area contributed by atoms with Crippen LogP contribution in [-0.4, -0.2) is 38.9 Å². The molecule has 0 radical (unpaired) electrons. The van der Waals surface area contributed by atoms with Crippen LogP contribution in [0.5, 0.6) is 11.5 Å². The second kappa shape index (κ2) is 9.69. The van der Waals surface area contributed by atoms with Crippen LogP contribution in [0.4, 0.5) is 18.9 Å². The smallest absolute Gasteiger partial charge is 0.497 e. The van der Waals surface area contributed by atoms with Crippen LogP contribution in [0.25, 0.3) is 0 Å². The Bertz CT molecular complexity index is 686. The van der Waals surface area contributed by atoms with Crippen molar-refractivity contribution in [3.8, 4) is 11.5 Å². The Morgan fingerprint density at radius 3 is 2.38 bits per heavy atom. The molecule has 0 aliphatic carbocycles. The van der Waals surface area contributed by atoms with Crippen molar-refractivity contribution in [1.29, 1.82) is 0 Å². The molecule has 2 N–H and O–H groups in total. The van der Waals surface area contributed by atoms with E-state index in [1.54, 1.807) is 13.0 Å². The minimum Gasteiger partial charge on any atom is -0.497 e. The van der Waals surface area contributed by atoms with Gasteiger partial charge in [0.15, 0.2) is 0 Å². The number of anilines is 1. The summed E-state index contributed by atoms with van der Waals surface area (Å²) in [6, 6.07) is 4.33. The predicted molar refractivity (Wildman–Crippen MR) is 106 cm³/mol. The van der Waals surface area contributed by atoms with Crippen molar-refractivity contribution in [3.05, 3.63) is 18.2 Å². The van der Waals surface area contributed by atoms with Gasteiger partial charge >= 0.3 is 6.36 Å². The number of benzene rings is 1. The fraction of sp³-hybridized carbons (Fsp3) is 0.667. The molecule has 1 saturated heterocycles. The zero-order valence-electron chi connectivity index (χ0n) is 17.3. The first-order valence-corrected chi connectivity index (χ1v) is 9.95. The second-order valence-electron chi connectivity index (χ2n) is 8.16. The topological polar surface area (TPSA) is 64.8 Å². The van der Waals surface area contributed by atoms with Crippen LogP contribution in [0.2, 0.25) is 0 Å². The Balaban J connectivity index is 2.05. The van der Waals surface area contributed by atoms with Gasteiger partial charge in [0.05, 0.1) is 7.11 Å². The van der Waals surface area contributed by atoms with E-state index in [9.17, 15) is 18.0 Å². The lowest BCUT2D eigenvalue weighted by molar-refractivity contribution is -0.274. The van der Waals surface area contributed by atoms with Gasteiger partial charge in [0.2, 0.25) is 0 Å². The highest BCUT2D eigenvalue weighted by molar-refractivity contribution is 5.75. The van der Waals surface area contributed by atoms with E-state index in [1.807, 2.05) is 4.90 Å². The minimum atomic E-state index is -4.75. The third kappa shape index (κ3) is 7.10. The van der Waals surface area contributed by atoms with Crippen molar-refractivity contribution < 1.29 is 27.4 Å². The van der Waals surface area contributed by atoms with E-state index in [4.69, 9.17) is 10.5 Å². The van der Waals surface area contributed by atoms with Crippen LogP contribution in [0, 0.1) is 11.3 Å². The number of alkyl halides is 3. The largest absolute Gasteiger partial charge is 0.573 e. The van der Waals surface area contributed by atoms with E-state index in [0.29, 0.717) is 43.4 Å². The molecule has 1 aromatic carbocycles. The summed E-state index contributed by atoms with van der Waals surface area (Å²) in [7, 11) is 1.41. The number of piperidine rings is 1. The van der Waals surface area contributed by atoms with Gasteiger partial charge in [-0.3, -0.25) is 0 Å². The molecule has 1 unspecified atom stereocenters. The molecule has 1 atom stereocenters. The first kappa shape index (κ1) is 23.3. The maximum absolute atomic E-state index is 12.6. The van der Waals surface area contributed by atoms with Crippen LogP contribution in [0.1, 0.15) is 46.0 Å². The molecule has 164 valence electrons. The molecule has 1 fully saturated rings. The summed E-state index contributed by atoms with van der Waals surface area (Å²) in [4.78, 5) is 13.3. The Labute approximate surface area is 170 Å². The molecular formula is C21H31F3N2O3. The lowest BCUT2D eigenvalue weighted by Crippen LogP contribution is -2.44. The molecule has 29 heavy (non-hydrogen) atoms. The summed E-state index contributed by atoms with van der Waals surface area (Å²) >= 11 is 0. The van der Waals surface area contributed by atoms with Gasteiger partial charge in [0.25, 0.3) is 0 Å². The molecule has 5 nitrogen and oxygen atoms in total. The normalized spacial score (nSPS) is 17.7. The van der Waals surface area contributed by atoms with E-state index in [2.05, 4.69) is 11.7 Å². The minimum absolute atomic E-state index is 0.00567. The van der Waals surface area contributed by atoms with E-state index < -0.39 is 6.36 Å². The van der Waals surface area contributed by atoms with Crippen LogP contribution in [0.3, 0.4) is 0 Å². The Hall–Kier alpha value is -1.96. The molecule has 0 bridgehead atoms. The number of halogens is 3. The summed E-state index contributed by atoms with van der Waals surface area (Å²) in [5.41, 5.74) is 6.74. The molecule has 0 amide bonds. The van der Waals surface area contributed by atoms with Crippen LogP contribution < -0.4 is 20.1 Å². The summed E-state index contributed by atoms with van der Waals surface area (Å²) in [5.74, 6) is 0.550. The van der Waals surface area contributed by atoms with E-state index in [1.165, 1.54) is 19.2 Å². The van der Waals surface area contributed by atoms with Crippen LogP contribution >= 0.6 is 0 Å². The molecule has 0 saturated carbocycles. The fourth-order valence-electron chi connectivity index (χ4n) is 3.99. The van der Waals surface area contributed by atoms with Crippen molar-refractivity contribution in [2.45, 2.75) is 52.3 Å². The molecule has 2 rings (SSSR count). The average molecular weight is 416 g/mol. The van der Waals surface area contributed by atoms with Gasteiger partial charge in [-0.25, -0.2) is 0 Å². The lowest BCUT2D eigenvalue weighted by Gasteiger charge is -2.43. The van der Waals surface area contributed by atoms with Gasteiger partial charge in [-0.15, -0.1) is 13.2 Å². The molecule has 1 aliphatic rings. The number of Topliss-reactive ketones (excluding diaryl/α,β-unsaturated/α-hetero) is 1. The number of rotatable bonds is 9. The van der Waals surface area contributed by atoms with Crippen molar-refractivity contribution in [2.75, 3.05) is 31.6 Å². The Morgan fingerprint density at radius 2 is 1.86 bits per heavy atom. The van der Waals surface area contributed by atoms with Gasteiger partial charge in [-0.1, -0.05) is 6.92 Å². The van der Waals surface area contributed by atoms with Crippen LogP contribution in [-0.2, 0) is 4.79 Å². The number of methoxy groups -OCH3 is 1. The standard InChI is InChI=1S/C21H31F3N2O3/c1-15(10-16(2)27)4-5-20(14-25)6-8-26(9-7-20)17-11-18(28-3)13-19(12-17)29-21(22,23)24/h11-13,15H,4-10,14,25H2,1-3H3. The van der Waals surface area contributed by atoms with Crippen LogP contribution in [0.15, 0.2) is 18.2 Å². The van der Waals surface area contributed by atoms with Crippen molar-refractivity contribution >= 4 is 11.5 Å². The summed E-state index contributed by atoms with van der Waals surface area (Å²) in [6.45, 7) is 5.64. The van der Waals surface area contributed by atoms with Gasteiger partial charge in [0.1, 0.15) is 17.3 Å². The van der Waals surface area contributed by atoms with Gasteiger partial charge in [-0.2, -0.15) is 0 Å². The number of carbonyl (C=O) groups is 1. The SMILES string of the molecule is COc1cc(OC(F)(F)F)cc(N2CCC(CN)(CCC(C)CC(C)=O)CC2)c1. The second-order valence-corrected chi connectivity index (χ2v) is 8.16. The summed E-state index contributed by atoms with van der Waals surface area (Å²) in [5, 5.41) is 0. The zero-order valence-corrected chi connectivity index (χ0v) is 17.3. The summed E-state index contributed by atoms with van der Waals surface area (Å²) in [6.07, 6.45) is -0.576. The van der Waals surface area contributed by atoms with Gasteiger partial charge in [-0.05, 0) is 50.5 Å². The average Bonchev–Trinajstić information content (AvgIpc) is 2.64. The number of nitrogens with zero attached hydrogens (tertiary/aromatic N) is 1. The first-order valence-electron chi connectivity index (χ1n) is 9.95. The van der Waals surface area contributed by atoms with E-state index in [-0.39, 0.29) is 16.9 Å². The Kier molecular flexibility index (Phi) is 7.80. The van der Waals surface area contributed by atoms with Gasteiger partial charge in [0, 0.05) is 43.4 Å². The van der Waals surface area contributed by atoms with E-state index in [0.717, 1.165) is 25.7 Å². The fourth-order valence-corrected chi connectivity index (χ4v) is 3.99. The molecule has 0 aromatic heterocycles. The highest BCUT2D eigenvalue weighted by atomic mass is 19.4. The van der Waals surface area contributed by atoms with E-state index >= 15 is 0 Å². The number of nitrogens with two attached hydrogens (primary N) is 1. The highest BCUT2D eigenvalue weighted by Gasteiger charge is 2.35. The highest BCUT2D eigenvalue weighted by Crippen LogP contribution is 2.40. The van der Waals surface area contributed by atoms with Crippen molar-refractivity contribution in [2.24, 2.45) is 17.1 Å². The molecule has 1 heterocycles. The third-order valence-electron chi connectivity index (χ3n) is 5.76. The predicted octanol–water partition coefficient (Wildman–Crippen LogP) is 4.53. The summed E-state index contributed by atoms with van der Waals surface area (Å²) < 4.78 is 47.1. The number of carbonyl (C=O) groups excluding carboxylic acids is 1. The van der Waals surface area contributed by atoms with Crippen molar-refractivity contribution in [1.82, 2.24) is 0 Å². The number of hydrogen-bond donors (Lipinski definition) is 1. The first-order chi connectivity index (χ1) is 13.6. The third-order valence-corrected chi connectivity index (χ3v) is 5.76. The Morgan fingerprint density at radius 1 is 1.24 bits per heavy atom. The molecule has 1 aromatic rings. The molecule has 8 heteroatoms. The van der Waals surface area contributed by atoms with Crippen molar-refractivity contribution in [3.63, 3.8) is 0 Å².